The Bertz CT molecular complexity index is 369. The number of nitrogens with two attached hydrogens (primary N) is 1. The highest BCUT2D eigenvalue weighted by atomic mass is 16.2. The lowest BCUT2D eigenvalue weighted by Gasteiger charge is -2.27. The van der Waals surface area contributed by atoms with Crippen molar-refractivity contribution in [3.8, 4) is 0 Å². The van der Waals surface area contributed by atoms with Crippen LogP contribution in [0.5, 0.6) is 0 Å². The average molecular weight is 300 g/mol. The van der Waals surface area contributed by atoms with Gasteiger partial charge in [-0.3, -0.25) is 20.0 Å². The Hall–Kier alpha value is -1.79. The van der Waals surface area contributed by atoms with Crippen LogP contribution >= 0.6 is 0 Å². The molecule has 0 bridgehead atoms. The molecule has 1 unspecified atom stereocenters. The second-order valence-electron chi connectivity index (χ2n) is 6.04. The first-order chi connectivity index (χ1) is 9.63. The van der Waals surface area contributed by atoms with Crippen LogP contribution in [0.25, 0.3) is 0 Å². The Morgan fingerprint density at radius 3 is 2.05 bits per heavy atom. The minimum absolute atomic E-state index is 0.181. The summed E-state index contributed by atoms with van der Waals surface area (Å²) in [4.78, 5) is 34.9. The van der Waals surface area contributed by atoms with Crippen molar-refractivity contribution in [3.05, 3.63) is 0 Å². The summed E-state index contributed by atoms with van der Waals surface area (Å²) in [7, 11) is 0. The third kappa shape index (κ3) is 8.88. The van der Waals surface area contributed by atoms with E-state index in [4.69, 9.17) is 5.73 Å². The molecule has 122 valence electrons. The van der Waals surface area contributed by atoms with Gasteiger partial charge < -0.3 is 11.1 Å². The molecule has 7 heteroatoms. The van der Waals surface area contributed by atoms with E-state index in [9.17, 15) is 14.4 Å². The summed E-state index contributed by atoms with van der Waals surface area (Å²) in [5.41, 5.74) is 7.62. The summed E-state index contributed by atoms with van der Waals surface area (Å²) >= 11 is 0. The molecule has 0 radical (unpaired) electrons. The molecule has 0 aromatic rings. The van der Waals surface area contributed by atoms with Crippen molar-refractivity contribution in [2.24, 2.45) is 17.6 Å². The van der Waals surface area contributed by atoms with Crippen LogP contribution in [0.2, 0.25) is 0 Å². The summed E-state index contributed by atoms with van der Waals surface area (Å²) in [5.74, 6) is 0.00458. The first-order valence-corrected chi connectivity index (χ1v) is 7.30. The number of hydrazine groups is 1. The van der Waals surface area contributed by atoms with E-state index in [0.29, 0.717) is 18.9 Å². The predicted molar refractivity (Wildman–Crippen MR) is 80.9 cm³/mol. The van der Waals surface area contributed by atoms with E-state index in [-0.39, 0.29) is 17.7 Å². The molecule has 0 saturated carbocycles. The molecule has 4 N–H and O–H groups in total. The Kier molecular flexibility index (Phi) is 8.42. The van der Waals surface area contributed by atoms with E-state index in [2.05, 4.69) is 10.7 Å². The minimum atomic E-state index is -0.786. The fourth-order valence-corrected chi connectivity index (χ4v) is 1.69. The summed E-state index contributed by atoms with van der Waals surface area (Å²) in [6.45, 7) is 9.84. The molecule has 0 aromatic heterocycles. The molecule has 0 aliphatic heterocycles. The number of urea groups is 1. The van der Waals surface area contributed by atoms with Crippen LogP contribution in [0.4, 0.5) is 4.79 Å². The van der Waals surface area contributed by atoms with Gasteiger partial charge in [0.15, 0.2) is 0 Å². The average Bonchev–Trinajstić information content (AvgIpc) is 2.33. The van der Waals surface area contributed by atoms with E-state index >= 15 is 0 Å². The van der Waals surface area contributed by atoms with Crippen LogP contribution in [0.3, 0.4) is 0 Å². The smallest absolute Gasteiger partial charge is 0.312 e. The van der Waals surface area contributed by atoms with Gasteiger partial charge in [0.1, 0.15) is 6.04 Å². The van der Waals surface area contributed by atoms with Gasteiger partial charge in [-0.25, -0.2) is 4.79 Å². The molecule has 0 fully saturated rings. The third-order valence-corrected chi connectivity index (χ3v) is 2.75. The molecule has 1 atom stereocenters. The summed E-state index contributed by atoms with van der Waals surface area (Å²) in [6, 6.07) is -1.56. The zero-order valence-electron chi connectivity index (χ0n) is 13.6. The molecule has 0 aliphatic carbocycles. The van der Waals surface area contributed by atoms with Crippen molar-refractivity contribution in [2.75, 3.05) is 6.54 Å². The zero-order valence-corrected chi connectivity index (χ0v) is 13.6. The highest BCUT2D eigenvalue weighted by Gasteiger charge is 2.23. The molecule has 4 amide bonds. The maximum Gasteiger partial charge on any atom is 0.312 e. The number of rotatable bonds is 7. The van der Waals surface area contributed by atoms with Gasteiger partial charge in [0.05, 0.1) is 0 Å². The number of amides is 4. The predicted octanol–water partition coefficient (Wildman–Crippen LogP) is 0.995. The van der Waals surface area contributed by atoms with E-state index in [0.717, 1.165) is 6.42 Å². The lowest BCUT2D eigenvalue weighted by Crippen LogP contribution is -2.55. The van der Waals surface area contributed by atoms with Crippen molar-refractivity contribution in [1.82, 2.24) is 15.8 Å². The summed E-state index contributed by atoms with van der Waals surface area (Å²) < 4.78 is 0. The number of nitrogens with zero attached hydrogens (tertiary/aromatic N) is 1. The fourth-order valence-electron chi connectivity index (χ4n) is 1.69. The standard InChI is InChI=1S/C14H28N4O3/c1-9(2)6-7-12(19)17-18(8-10(3)4)13(20)11(5)16-14(15)21/h9-11H,6-8H2,1-5H3,(H,17,19)(H3,15,16,21). The van der Waals surface area contributed by atoms with E-state index < -0.39 is 12.1 Å². The van der Waals surface area contributed by atoms with Gasteiger partial charge in [-0.05, 0) is 25.2 Å². The van der Waals surface area contributed by atoms with Gasteiger partial charge in [-0.2, -0.15) is 0 Å². The molecule has 0 heterocycles. The van der Waals surface area contributed by atoms with Gasteiger partial charge in [-0.15, -0.1) is 0 Å². The molecular weight excluding hydrogens is 272 g/mol. The van der Waals surface area contributed by atoms with Gasteiger partial charge in [-0.1, -0.05) is 27.7 Å². The Balaban J connectivity index is 4.67. The first-order valence-electron chi connectivity index (χ1n) is 7.30. The van der Waals surface area contributed by atoms with Crippen LogP contribution in [-0.2, 0) is 9.59 Å². The van der Waals surface area contributed by atoms with E-state index in [1.54, 1.807) is 0 Å². The van der Waals surface area contributed by atoms with E-state index in [1.807, 2.05) is 27.7 Å². The molecule has 0 aliphatic rings. The summed E-state index contributed by atoms with van der Waals surface area (Å²) in [5, 5.41) is 3.57. The molecule has 0 saturated heterocycles. The Morgan fingerprint density at radius 2 is 1.62 bits per heavy atom. The lowest BCUT2D eigenvalue weighted by atomic mass is 10.1. The highest BCUT2D eigenvalue weighted by molar-refractivity contribution is 5.88. The first kappa shape index (κ1) is 19.2. The van der Waals surface area contributed by atoms with Crippen LogP contribution in [-0.4, -0.2) is 35.4 Å². The second kappa shape index (κ2) is 9.20. The largest absolute Gasteiger partial charge is 0.352 e. The molecular formula is C14H28N4O3. The Morgan fingerprint density at radius 1 is 1.05 bits per heavy atom. The van der Waals surface area contributed by atoms with Crippen molar-refractivity contribution >= 4 is 17.8 Å². The number of hydrogen-bond acceptors (Lipinski definition) is 3. The monoisotopic (exact) mass is 300 g/mol. The minimum Gasteiger partial charge on any atom is -0.352 e. The van der Waals surface area contributed by atoms with Gasteiger partial charge in [0, 0.05) is 13.0 Å². The molecule has 0 rings (SSSR count). The highest BCUT2D eigenvalue weighted by Crippen LogP contribution is 2.05. The number of carbonyl (C=O) groups excluding carboxylic acids is 3. The van der Waals surface area contributed by atoms with Gasteiger partial charge in [0.25, 0.3) is 5.91 Å². The van der Waals surface area contributed by atoms with Crippen LogP contribution in [0, 0.1) is 11.8 Å². The summed E-state index contributed by atoms with van der Waals surface area (Å²) in [6.07, 6.45) is 1.11. The van der Waals surface area contributed by atoms with Crippen molar-refractivity contribution in [3.63, 3.8) is 0 Å². The van der Waals surface area contributed by atoms with Crippen LogP contribution < -0.4 is 16.5 Å². The molecule has 0 spiro atoms. The van der Waals surface area contributed by atoms with E-state index in [1.165, 1.54) is 11.9 Å². The molecule has 21 heavy (non-hydrogen) atoms. The number of hydrogen-bond donors (Lipinski definition) is 3. The number of primary amides is 1. The second-order valence-corrected chi connectivity index (χ2v) is 6.04. The lowest BCUT2D eigenvalue weighted by molar-refractivity contribution is -0.143. The van der Waals surface area contributed by atoms with Crippen LogP contribution in [0.15, 0.2) is 0 Å². The zero-order chi connectivity index (χ0) is 16.6. The maximum absolute atomic E-state index is 12.2. The normalized spacial score (nSPS) is 12.1. The SMILES string of the molecule is CC(C)CCC(=O)NN(CC(C)C)C(=O)C(C)NC(N)=O. The number of carbonyl (C=O) groups is 3. The van der Waals surface area contributed by atoms with Crippen molar-refractivity contribution in [1.29, 1.82) is 0 Å². The topological polar surface area (TPSA) is 105 Å². The molecule has 0 aromatic carbocycles. The van der Waals surface area contributed by atoms with Crippen LogP contribution in [0.1, 0.15) is 47.5 Å². The molecule has 7 nitrogen and oxygen atoms in total. The number of nitrogens with one attached hydrogen (secondary N) is 2. The van der Waals surface area contributed by atoms with Gasteiger partial charge in [0.2, 0.25) is 5.91 Å². The maximum atomic E-state index is 12.2. The fraction of sp³-hybridized carbons (Fsp3) is 0.786. The Labute approximate surface area is 126 Å². The third-order valence-electron chi connectivity index (χ3n) is 2.75. The van der Waals surface area contributed by atoms with Crippen molar-refractivity contribution < 1.29 is 14.4 Å². The van der Waals surface area contributed by atoms with Crippen molar-refractivity contribution in [2.45, 2.75) is 53.5 Å². The quantitative estimate of drug-likeness (QED) is 0.611. The van der Waals surface area contributed by atoms with Gasteiger partial charge >= 0.3 is 6.03 Å².